The van der Waals surface area contributed by atoms with Gasteiger partial charge < -0.3 is 0 Å². The zero-order chi connectivity index (χ0) is 5.84. The van der Waals surface area contributed by atoms with E-state index in [-0.39, 0.29) is 0 Å². The molecular formula is C9H12. The molecule has 0 heteroatoms. The van der Waals surface area contributed by atoms with E-state index in [1.807, 2.05) is 0 Å². The summed E-state index contributed by atoms with van der Waals surface area (Å²) in [6.45, 7) is 0. The SMILES string of the molecule is C1=CC2C(C1)CC1CC12. The van der Waals surface area contributed by atoms with Crippen molar-refractivity contribution in [3.63, 3.8) is 0 Å². The number of hydrogen-bond acceptors (Lipinski definition) is 0. The molecular weight excluding hydrogens is 108 g/mol. The first-order valence-electron chi connectivity index (χ1n) is 4.12. The maximum atomic E-state index is 2.47. The standard InChI is InChI=1S/C9H12/c1-2-6-4-7-5-9(7)8(6)3-1/h1,3,6-9H,2,4-5H2. The molecule has 0 heterocycles. The van der Waals surface area contributed by atoms with E-state index in [9.17, 15) is 0 Å². The number of allylic oxidation sites excluding steroid dienone is 2. The van der Waals surface area contributed by atoms with E-state index in [2.05, 4.69) is 12.2 Å². The minimum atomic E-state index is 1.04. The lowest BCUT2D eigenvalue weighted by Gasteiger charge is -2.10. The molecule has 4 unspecified atom stereocenters. The molecule has 0 aliphatic heterocycles. The van der Waals surface area contributed by atoms with Gasteiger partial charge in [0, 0.05) is 0 Å². The lowest BCUT2D eigenvalue weighted by atomic mass is 9.95. The third kappa shape index (κ3) is 0.452. The van der Waals surface area contributed by atoms with Crippen molar-refractivity contribution in [1.29, 1.82) is 0 Å². The van der Waals surface area contributed by atoms with Crippen LogP contribution in [0, 0.1) is 23.7 Å². The van der Waals surface area contributed by atoms with Crippen LogP contribution in [0.25, 0.3) is 0 Å². The Morgan fingerprint density at radius 1 is 1.11 bits per heavy atom. The van der Waals surface area contributed by atoms with Crippen molar-refractivity contribution in [1.82, 2.24) is 0 Å². The summed E-state index contributed by atoms with van der Waals surface area (Å²) in [5, 5.41) is 0. The second-order valence-electron chi connectivity index (χ2n) is 3.90. The van der Waals surface area contributed by atoms with Crippen molar-refractivity contribution in [3.8, 4) is 0 Å². The summed E-state index contributed by atoms with van der Waals surface area (Å²) >= 11 is 0. The fraction of sp³-hybridized carbons (Fsp3) is 0.778. The van der Waals surface area contributed by atoms with Crippen LogP contribution in [0.2, 0.25) is 0 Å². The van der Waals surface area contributed by atoms with Gasteiger partial charge in [0.05, 0.1) is 0 Å². The Kier molecular flexibility index (Phi) is 0.633. The maximum absolute atomic E-state index is 2.47. The minimum Gasteiger partial charge on any atom is -0.0879 e. The van der Waals surface area contributed by atoms with E-state index in [1.165, 1.54) is 12.3 Å². The highest BCUT2D eigenvalue weighted by Crippen LogP contribution is 2.61. The average molecular weight is 120 g/mol. The van der Waals surface area contributed by atoms with Crippen molar-refractivity contribution in [2.45, 2.75) is 19.3 Å². The van der Waals surface area contributed by atoms with Crippen LogP contribution in [0.4, 0.5) is 0 Å². The normalized spacial score (nSPS) is 59.6. The fourth-order valence-electron chi connectivity index (χ4n) is 2.87. The van der Waals surface area contributed by atoms with Gasteiger partial charge in [0.1, 0.15) is 0 Å². The predicted molar refractivity (Wildman–Crippen MR) is 37.0 cm³/mol. The monoisotopic (exact) mass is 120 g/mol. The van der Waals surface area contributed by atoms with E-state index in [1.54, 1.807) is 12.8 Å². The van der Waals surface area contributed by atoms with E-state index in [0.717, 1.165) is 17.8 Å². The zero-order valence-electron chi connectivity index (χ0n) is 5.59. The Hall–Kier alpha value is -0.260. The Balaban J connectivity index is 1.95. The predicted octanol–water partition coefficient (Wildman–Crippen LogP) is 2.22. The van der Waals surface area contributed by atoms with E-state index >= 15 is 0 Å². The molecule has 3 aliphatic rings. The van der Waals surface area contributed by atoms with Gasteiger partial charge in [-0.3, -0.25) is 0 Å². The summed E-state index contributed by atoms with van der Waals surface area (Å²) in [4.78, 5) is 0. The number of fused-ring (bicyclic) bond motifs is 3. The van der Waals surface area contributed by atoms with Crippen LogP contribution in [0.15, 0.2) is 12.2 Å². The van der Waals surface area contributed by atoms with Gasteiger partial charge in [0.15, 0.2) is 0 Å². The van der Waals surface area contributed by atoms with Crippen molar-refractivity contribution >= 4 is 0 Å². The molecule has 0 aromatic heterocycles. The molecule has 0 amide bonds. The molecule has 0 aromatic rings. The summed E-state index contributed by atoms with van der Waals surface area (Å²) in [6, 6.07) is 0. The van der Waals surface area contributed by atoms with Crippen LogP contribution >= 0.6 is 0 Å². The third-order valence-electron chi connectivity index (χ3n) is 3.42. The highest BCUT2D eigenvalue weighted by atomic mass is 14.6. The van der Waals surface area contributed by atoms with E-state index in [4.69, 9.17) is 0 Å². The smallest absolute Gasteiger partial charge is 0.0171 e. The molecule has 0 nitrogen and oxygen atoms in total. The molecule has 0 bridgehead atoms. The van der Waals surface area contributed by atoms with Gasteiger partial charge in [-0.1, -0.05) is 12.2 Å². The minimum absolute atomic E-state index is 1.04. The first-order chi connectivity index (χ1) is 4.45. The summed E-state index contributed by atoms with van der Waals surface area (Å²) in [5.74, 6) is 4.45. The molecule has 0 N–H and O–H groups in total. The topological polar surface area (TPSA) is 0 Å². The van der Waals surface area contributed by atoms with Crippen LogP contribution in [-0.2, 0) is 0 Å². The number of hydrogen-bond donors (Lipinski definition) is 0. The van der Waals surface area contributed by atoms with Crippen molar-refractivity contribution in [3.05, 3.63) is 12.2 Å². The van der Waals surface area contributed by atoms with Gasteiger partial charge in [-0.05, 0) is 42.9 Å². The zero-order valence-corrected chi connectivity index (χ0v) is 5.59. The second-order valence-corrected chi connectivity index (χ2v) is 3.90. The average Bonchev–Trinajstić information content (AvgIpc) is 2.38. The van der Waals surface area contributed by atoms with Crippen molar-refractivity contribution < 1.29 is 0 Å². The molecule has 0 radical (unpaired) electrons. The van der Waals surface area contributed by atoms with Crippen LogP contribution in [0.5, 0.6) is 0 Å². The highest BCUT2D eigenvalue weighted by Gasteiger charge is 2.52. The fourth-order valence-corrected chi connectivity index (χ4v) is 2.87. The Morgan fingerprint density at radius 3 is 3.00 bits per heavy atom. The molecule has 4 atom stereocenters. The maximum Gasteiger partial charge on any atom is -0.0171 e. The quantitative estimate of drug-likeness (QED) is 0.430. The van der Waals surface area contributed by atoms with Crippen LogP contribution < -0.4 is 0 Å². The third-order valence-corrected chi connectivity index (χ3v) is 3.42. The Labute approximate surface area is 56.0 Å². The Bertz CT molecular complexity index is 169. The van der Waals surface area contributed by atoms with Gasteiger partial charge in [0.25, 0.3) is 0 Å². The molecule has 3 aliphatic carbocycles. The summed E-state index contributed by atoms with van der Waals surface area (Å²) in [7, 11) is 0. The lowest BCUT2D eigenvalue weighted by Crippen LogP contribution is -2.02. The van der Waals surface area contributed by atoms with E-state index < -0.39 is 0 Å². The molecule has 48 valence electrons. The van der Waals surface area contributed by atoms with E-state index in [0.29, 0.717) is 0 Å². The first kappa shape index (κ1) is 4.54. The largest absolute Gasteiger partial charge is 0.0879 e. The summed E-state index contributed by atoms with van der Waals surface area (Å²) in [5.41, 5.74) is 0. The van der Waals surface area contributed by atoms with Crippen molar-refractivity contribution in [2.24, 2.45) is 23.7 Å². The first-order valence-corrected chi connectivity index (χ1v) is 4.12. The number of rotatable bonds is 0. The van der Waals surface area contributed by atoms with Crippen LogP contribution in [0.1, 0.15) is 19.3 Å². The summed E-state index contributed by atoms with van der Waals surface area (Å²) in [6.07, 6.45) is 9.39. The van der Waals surface area contributed by atoms with Crippen LogP contribution in [0.3, 0.4) is 0 Å². The van der Waals surface area contributed by atoms with Gasteiger partial charge in [-0.25, -0.2) is 0 Å². The summed E-state index contributed by atoms with van der Waals surface area (Å²) < 4.78 is 0. The lowest BCUT2D eigenvalue weighted by molar-refractivity contribution is 0.430. The van der Waals surface area contributed by atoms with Gasteiger partial charge >= 0.3 is 0 Å². The molecule has 3 rings (SSSR count). The molecule has 9 heavy (non-hydrogen) atoms. The molecule has 0 spiro atoms. The Morgan fingerprint density at radius 2 is 2.11 bits per heavy atom. The van der Waals surface area contributed by atoms with Gasteiger partial charge in [-0.2, -0.15) is 0 Å². The molecule has 0 aromatic carbocycles. The highest BCUT2D eigenvalue weighted by molar-refractivity contribution is 5.14. The molecule has 0 saturated heterocycles. The second kappa shape index (κ2) is 1.25. The van der Waals surface area contributed by atoms with Crippen molar-refractivity contribution in [2.75, 3.05) is 0 Å². The molecule has 2 fully saturated rings. The molecule has 2 saturated carbocycles. The van der Waals surface area contributed by atoms with Gasteiger partial charge in [-0.15, -0.1) is 0 Å². The van der Waals surface area contributed by atoms with Crippen LogP contribution in [-0.4, -0.2) is 0 Å². The van der Waals surface area contributed by atoms with Gasteiger partial charge in [0.2, 0.25) is 0 Å².